The van der Waals surface area contributed by atoms with Gasteiger partial charge in [0.1, 0.15) is 17.6 Å². The second kappa shape index (κ2) is 10.7. The first-order valence-electron chi connectivity index (χ1n) is 11.4. The Kier molecular flexibility index (Phi) is 7.63. The van der Waals surface area contributed by atoms with Crippen LogP contribution >= 0.6 is 0 Å². The molecule has 37 heavy (non-hydrogen) atoms. The van der Waals surface area contributed by atoms with E-state index in [1.54, 1.807) is 25.1 Å². The largest absolute Gasteiger partial charge is 0.481 e. The minimum absolute atomic E-state index is 0.142. The van der Waals surface area contributed by atoms with E-state index in [0.717, 1.165) is 12.4 Å². The molecular weight excluding hydrogens is 507 g/mol. The molecule has 1 amide bonds. The quantitative estimate of drug-likeness (QED) is 0.409. The van der Waals surface area contributed by atoms with E-state index in [2.05, 4.69) is 35.2 Å². The van der Waals surface area contributed by atoms with Crippen LogP contribution in [0.25, 0.3) is 11.5 Å². The molecule has 3 aromatic rings. The molecule has 1 fully saturated rings. The van der Waals surface area contributed by atoms with Crippen molar-refractivity contribution in [3.8, 4) is 17.4 Å². The fraction of sp³-hybridized carbons (Fsp3) is 0.455. The average Bonchev–Trinajstić information content (AvgIpc) is 3.30. The highest BCUT2D eigenvalue weighted by molar-refractivity contribution is 7.93. The maximum Gasteiger partial charge on any atom is 0.245 e. The Morgan fingerprint density at radius 1 is 1.19 bits per heavy atom. The van der Waals surface area contributed by atoms with Gasteiger partial charge in [0.25, 0.3) is 0 Å². The molecule has 0 radical (unpaired) electrons. The van der Waals surface area contributed by atoms with Crippen molar-refractivity contribution in [2.45, 2.75) is 43.6 Å². The summed E-state index contributed by atoms with van der Waals surface area (Å²) < 4.78 is 54.7. The summed E-state index contributed by atoms with van der Waals surface area (Å²) in [6, 6.07) is 3.98. The number of amides is 1. The number of carbonyl (C=O) groups excluding carboxylic acids is 1. The van der Waals surface area contributed by atoms with Gasteiger partial charge in [-0.25, -0.2) is 27.8 Å². The van der Waals surface area contributed by atoms with E-state index in [-0.39, 0.29) is 23.5 Å². The van der Waals surface area contributed by atoms with Crippen molar-refractivity contribution in [2.24, 2.45) is 0 Å². The minimum Gasteiger partial charge on any atom is -0.481 e. The summed E-state index contributed by atoms with van der Waals surface area (Å²) >= 11 is 0. The molecule has 1 aliphatic heterocycles. The Morgan fingerprint density at radius 3 is 2.59 bits per heavy atom. The Morgan fingerprint density at radius 2 is 1.92 bits per heavy atom. The molecule has 1 aliphatic rings. The minimum atomic E-state index is -4.12. The fourth-order valence-electron chi connectivity index (χ4n) is 4.01. The lowest BCUT2D eigenvalue weighted by molar-refractivity contribution is -0.131. The van der Waals surface area contributed by atoms with E-state index in [4.69, 9.17) is 9.47 Å². The normalized spacial score (nSPS) is 19.6. The maximum atomic E-state index is 13.4. The predicted octanol–water partition coefficient (Wildman–Crippen LogP) is 1.29. The highest BCUT2D eigenvalue weighted by Gasteiger charge is 2.39. The maximum absolute atomic E-state index is 13.4. The number of ether oxygens (including phenoxy) is 2. The van der Waals surface area contributed by atoms with Crippen LogP contribution in [-0.4, -0.2) is 76.2 Å². The highest BCUT2D eigenvalue weighted by Crippen LogP contribution is 2.32. The predicted molar refractivity (Wildman–Crippen MR) is 130 cm³/mol. The van der Waals surface area contributed by atoms with Crippen LogP contribution < -0.4 is 14.8 Å². The molecule has 2 unspecified atom stereocenters. The van der Waals surface area contributed by atoms with Gasteiger partial charge in [0.15, 0.2) is 11.6 Å². The molecule has 198 valence electrons. The molecule has 2 N–H and O–H groups in total. The lowest BCUT2D eigenvalue weighted by Crippen LogP contribution is -2.47. The van der Waals surface area contributed by atoms with Crippen molar-refractivity contribution in [3.63, 3.8) is 0 Å². The van der Waals surface area contributed by atoms with Gasteiger partial charge in [-0.1, -0.05) is 13.0 Å². The van der Waals surface area contributed by atoms with Gasteiger partial charge < -0.3 is 14.8 Å². The number of halogens is 1. The first kappa shape index (κ1) is 26.3. The topological polar surface area (TPSA) is 163 Å². The zero-order valence-electron chi connectivity index (χ0n) is 20.6. The molecular formula is C22H27FN8O5S. The zero-order valence-corrected chi connectivity index (χ0v) is 21.4. The van der Waals surface area contributed by atoms with Crippen LogP contribution in [0.4, 0.5) is 10.3 Å². The molecule has 4 rings (SSSR count). The third-order valence-electron chi connectivity index (χ3n) is 6.26. The molecule has 0 spiro atoms. The number of nitrogens with zero attached hydrogens (tertiary/aromatic N) is 6. The summed E-state index contributed by atoms with van der Waals surface area (Å²) in [6.07, 6.45) is 1.85. The molecule has 0 aliphatic carbocycles. The second-order valence-corrected chi connectivity index (χ2v) is 10.5. The van der Waals surface area contributed by atoms with Gasteiger partial charge in [0, 0.05) is 25.6 Å². The van der Waals surface area contributed by atoms with Gasteiger partial charge in [0.05, 0.1) is 30.9 Å². The van der Waals surface area contributed by atoms with Crippen LogP contribution in [0.15, 0.2) is 30.6 Å². The van der Waals surface area contributed by atoms with Crippen molar-refractivity contribution in [1.82, 2.24) is 35.0 Å². The number of aromatic nitrogens is 6. The van der Waals surface area contributed by atoms with E-state index in [0.29, 0.717) is 24.5 Å². The van der Waals surface area contributed by atoms with E-state index in [1.807, 2.05) is 0 Å². The monoisotopic (exact) mass is 534 g/mol. The van der Waals surface area contributed by atoms with Crippen LogP contribution in [0, 0.1) is 5.82 Å². The summed E-state index contributed by atoms with van der Waals surface area (Å²) in [7, 11) is -1.19. The van der Waals surface area contributed by atoms with E-state index >= 15 is 0 Å². The lowest BCUT2D eigenvalue weighted by Gasteiger charge is -2.32. The molecule has 0 saturated carbocycles. The molecule has 4 atom stereocenters. The van der Waals surface area contributed by atoms with E-state index in [9.17, 15) is 17.6 Å². The third kappa shape index (κ3) is 5.36. The summed E-state index contributed by atoms with van der Waals surface area (Å²) in [5.41, 5.74) is 0.312. The molecule has 0 bridgehead atoms. The molecule has 15 heteroatoms. The van der Waals surface area contributed by atoms with Crippen molar-refractivity contribution in [3.05, 3.63) is 42.2 Å². The van der Waals surface area contributed by atoms with Gasteiger partial charge in [-0.2, -0.15) is 0 Å². The Labute approximate surface area is 212 Å². The first-order valence-corrected chi connectivity index (χ1v) is 13.0. The van der Waals surface area contributed by atoms with Crippen LogP contribution in [0.3, 0.4) is 0 Å². The number of carbonyl (C=O) groups is 1. The number of piperidine rings is 1. The van der Waals surface area contributed by atoms with E-state index in [1.165, 1.54) is 25.7 Å². The van der Waals surface area contributed by atoms with Crippen molar-refractivity contribution >= 4 is 21.9 Å². The number of nitrogens with one attached hydrogen (secondary N) is 2. The summed E-state index contributed by atoms with van der Waals surface area (Å²) in [5.74, 6) is -1.30. The number of rotatable bonds is 9. The fourth-order valence-corrected chi connectivity index (χ4v) is 5.25. The summed E-state index contributed by atoms with van der Waals surface area (Å²) in [6.45, 7) is 3.48. The molecule has 13 nitrogen and oxygen atoms in total. The number of hydrogen-bond acceptors (Lipinski definition) is 10. The average molecular weight is 535 g/mol. The van der Waals surface area contributed by atoms with Gasteiger partial charge in [-0.3, -0.25) is 14.1 Å². The van der Waals surface area contributed by atoms with E-state index < -0.39 is 39.2 Å². The number of anilines is 1. The van der Waals surface area contributed by atoms with Crippen LogP contribution in [-0.2, 0) is 19.6 Å². The van der Waals surface area contributed by atoms with Gasteiger partial charge in [-0.05, 0) is 19.4 Å². The smallest absolute Gasteiger partial charge is 0.245 e. The number of methoxy groups -OCH3 is 2. The van der Waals surface area contributed by atoms with Crippen LogP contribution in [0.5, 0.6) is 5.88 Å². The number of hydrogen-bond donors (Lipinski definition) is 2. The van der Waals surface area contributed by atoms with Crippen molar-refractivity contribution in [2.75, 3.05) is 25.5 Å². The molecule has 3 aromatic heterocycles. The standard InChI is InChI=1S/C22H27FN8O5S/c1-12(19-25-10-14(23)11-26-19)13(2)37(33,34)30-22-29-28-20(15-6-5-7-17(27-15)36-4)31(22)18-16(35-3)8-9-24-21(18)32/h5-7,10-13,16,18H,8-9H2,1-4H3,(H,24,32)(H,29,30)/t12-,13-,16?,18?/m0/s1. The van der Waals surface area contributed by atoms with Crippen molar-refractivity contribution in [1.29, 1.82) is 0 Å². The summed E-state index contributed by atoms with van der Waals surface area (Å²) in [5, 5.41) is 9.95. The number of sulfonamides is 1. The van der Waals surface area contributed by atoms with Gasteiger partial charge in [0.2, 0.25) is 27.8 Å². The molecule has 4 heterocycles. The van der Waals surface area contributed by atoms with Gasteiger partial charge >= 0.3 is 0 Å². The number of pyridine rings is 1. The zero-order chi connectivity index (χ0) is 26.7. The van der Waals surface area contributed by atoms with Gasteiger partial charge in [-0.15, -0.1) is 10.2 Å². The Hall–Kier alpha value is -3.72. The third-order valence-corrected chi connectivity index (χ3v) is 8.12. The lowest BCUT2D eigenvalue weighted by atomic mass is 10.0. The Bertz CT molecular complexity index is 1370. The van der Waals surface area contributed by atoms with Crippen LogP contribution in [0.2, 0.25) is 0 Å². The Balaban J connectivity index is 1.76. The molecule has 1 saturated heterocycles. The van der Waals surface area contributed by atoms with Crippen LogP contribution in [0.1, 0.15) is 38.1 Å². The first-order chi connectivity index (χ1) is 17.7. The molecule has 0 aromatic carbocycles. The SMILES string of the molecule is COc1cccc(-c2nnc(NS(=O)(=O)[C@@H](C)[C@H](C)c3ncc(F)cn3)n2C2C(=O)NCCC2OC)n1. The second-order valence-electron chi connectivity index (χ2n) is 8.48. The van der Waals surface area contributed by atoms with Crippen molar-refractivity contribution < 1.29 is 27.1 Å². The highest BCUT2D eigenvalue weighted by atomic mass is 32.2. The summed E-state index contributed by atoms with van der Waals surface area (Å²) in [4.78, 5) is 25.2.